The number of fused-ring (bicyclic) bond motifs is 4. The Morgan fingerprint density at radius 2 is 1.44 bits per heavy atom. The maximum Gasteiger partial charge on any atom is 0.320 e. The van der Waals surface area contributed by atoms with Gasteiger partial charge in [0.15, 0.2) is 0 Å². The van der Waals surface area contributed by atoms with Crippen molar-refractivity contribution in [1.82, 2.24) is 9.80 Å². The van der Waals surface area contributed by atoms with E-state index in [2.05, 4.69) is 0 Å². The van der Waals surface area contributed by atoms with E-state index in [4.69, 9.17) is 9.47 Å². The van der Waals surface area contributed by atoms with E-state index >= 15 is 0 Å². The molecule has 88 valence electrons. The van der Waals surface area contributed by atoms with Crippen molar-refractivity contribution in [3.05, 3.63) is 0 Å². The van der Waals surface area contributed by atoms with Crippen molar-refractivity contribution in [1.29, 1.82) is 0 Å². The fourth-order valence-corrected chi connectivity index (χ4v) is 3.43. The molecule has 4 fully saturated rings. The van der Waals surface area contributed by atoms with Crippen LogP contribution in [0.3, 0.4) is 0 Å². The lowest BCUT2D eigenvalue weighted by molar-refractivity contribution is 0.0137. The number of ether oxygens (including phenoxy) is 2. The number of hydrogen-bond acceptors (Lipinski definition) is 3. The van der Waals surface area contributed by atoms with Gasteiger partial charge >= 0.3 is 6.03 Å². The van der Waals surface area contributed by atoms with Gasteiger partial charge in [0.2, 0.25) is 0 Å². The quantitative estimate of drug-likeness (QED) is 0.584. The fraction of sp³-hybridized carbons (Fsp3) is 0.909. The molecule has 4 rings (SSSR count). The van der Waals surface area contributed by atoms with E-state index in [0.717, 1.165) is 39.1 Å². The Morgan fingerprint density at radius 3 is 1.75 bits per heavy atom. The summed E-state index contributed by atoms with van der Waals surface area (Å²) in [5, 5.41) is 0. The average molecular weight is 224 g/mol. The molecule has 5 heteroatoms. The van der Waals surface area contributed by atoms with Gasteiger partial charge in [-0.05, 0) is 12.8 Å². The van der Waals surface area contributed by atoms with Crippen LogP contribution in [-0.4, -0.2) is 66.4 Å². The molecule has 0 unspecified atom stereocenters. The minimum Gasteiger partial charge on any atom is -0.374 e. The third-order valence-corrected chi connectivity index (χ3v) is 4.29. The van der Waals surface area contributed by atoms with Crippen molar-refractivity contribution < 1.29 is 14.3 Å². The van der Waals surface area contributed by atoms with E-state index in [9.17, 15) is 4.79 Å². The highest BCUT2D eigenvalue weighted by molar-refractivity contribution is 5.76. The summed E-state index contributed by atoms with van der Waals surface area (Å²) in [5.41, 5.74) is 0. The van der Waals surface area contributed by atoms with Crippen LogP contribution in [0.2, 0.25) is 0 Å². The van der Waals surface area contributed by atoms with Crippen LogP contribution in [0.15, 0.2) is 0 Å². The van der Waals surface area contributed by atoms with Gasteiger partial charge < -0.3 is 19.3 Å². The molecule has 0 aromatic rings. The standard InChI is InChI=1S/C11H16N2O3/c14-11(12-3-9-1-7(12)5-15-9)13-4-10-2-8(13)6-16-10/h7-10H,1-6H2/t7-,8-,9-,10-/m0/s1. The number of urea groups is 1. The lowest BCUT2D eigenvalue weighted by atomic mass is 10.2. The second-order valence-corrected chi connectivity index (χ2v) is 5.28. The highest BCUT2D eigenvalue weighted by Gasteiger charge is 2.47. The smallest absolute Gasteiger partial charge is 0.320 e. The summed E-state index contributed by atoms with van der Waals surface area (Å²) < 4.78 is 11.0. The summed E-state index contributed by atoms with van der Waals surface area (Å²) in [6, 6.07) is 0.877. The molecule has 0 radical (unpaired) electrons. The van der Waals surface area contributed by atoms with Gasteiger partial charge in [-0.1, -0.05) is 0 Å². The lowest BCUT2D eigenvalue weighted by Gasteiger charge is -2.35. The highest BCUT2D eigenvalue weighted by Crippen LogP contribution is 2.33. The first-order chi connectivity index (χ1) is 7.81. The number of likely N-dealkylation sites (tertiary alicyclic amines) is 2. The average Bonchev–Trinajstić information content (AvgIpc) is 3.06. The predicted octanol–water partition coefficient (Wildman–Crippen LogP) is 0.0526. The molecule has 4 heterocycles. The zero-order valence-corrected chi connectivity index (χ0v) is 9.17. The van der Waals surface area contributed by atoms with Crippen LogP contribution in [0.1, 0.15) is 12.8 Å². The Hall–Kier alpha value is -0.810. The van der Waals surface area contributed by atoms with Crippen LogP contribution < -0.4 is 0 Å². The molecule has 0 N–H and O–H groups in total. The molecule has 4 aliphatic heterocycles. The van der Waals surface area contributed by atoms with Gasteiger partial charge in [0.05, 0.1) is 37.5 Å². The molecule has 2 amide bonds. The highest BCUT2D eigenvalue weighted by atomic mass is 16.5. The van der Waals surface area contributed by atoms with Crippen LogP contribution >= 0.6 is 0 Å². The van der Waals surface area contributed by atoms with Crippen LogP contribution in [0.4, 0.5) is 4.79 Å². The van der Waals surface area contributed by atoms with Gasteiger partial charge in [-0.25, -0.2) is 4.79 Å². The number of carbonyl (C=O) groups is 1. The minimum absolute atomic E-state index is 0.214. The summed E-state index contributed by atoms with van der Waals surface area (Å²) in [6.07, 6.45) is 2.66. The molecule has 0 spiro atoms. The van der Waals surface area contributed by atoms with Gasteiger partial charge in [-0.2, -0.15) is 0 Å². The molecular weight excluding hydrogens is 208 g/mol. The van der Waals surface area contributed by atoms with Gasteiger partial charge in [0.25, 0.3) is 0 Å². The van der Waals surface area contributed by atoms with Crippen LogP contribution in [0.5, 0.6) is 0 Å². The second-order valence-electron chi connectivity index (χ2n) is 5.28. The summed E-state index contributed by atoms with van der Waals surface area (Å²) in [6.45, 7) is 3.04. The Balaban J connectivity index is 1.50. The number of morpholine rings is 2. The van der Waals surface area contributed by atoms with E-state index < -0.39 is 0 Å². The third kappa shape index (κ3) is 1.16. The van der Waals surface area contributed by atoms with Crippen molar-refractivity contribution in [2.45, 2.75) is 37.1 Å². The van der Waals surface area contributed by atoms with Crippen LogP contribution in [-0.2, 0) is 9.47 Å². The van der Waals surface area contributed by atoms with Gasteiger partial charge in [-0.15, -0.1) is 0 Å². The Morgan fingerprint density at radius 1 is 0.938 bits per heavy atom. The Labute approximate surface area is 94.3 Å². The first kappa shape index (κ1) is 9.24. The lowest BCUT2D eigenvalue weighted by Crippen LogP contribution is -2.52. The Kier molecular flexibility index (Phi) is 1.79. The third-order valence-electron chi connectivity index (χ3n) is 4.29. The normalized spacial score (nSPS) is 44.8. The monoisotopic (exact) mass is 224 g/mol. The summed E-state index contributed by atoms with van der Waals surface area (Å²) in [7, 11) is 0. The molecule has 4 bridgehead atoms. The number of carbonyl (C=O) groups excluding carboxylic acids is 1. The van der Waals surface area contributed by atoms with Crippen molar-refractivity contribution in [2.24, 2.45) is 0 Å². The summed E-state index contributed by atoms with van der Waals surface area (Å²) in [4.78, 5) is 16.4. The second kappa shape index (κ2) is 3.11. The molecule has 0 aromatic carbocycles. The molecule has 0 aromatic heterocycles. The first-order valence-corrected chi connectivity index (χ1v) is 6.11. The van der Waals surface area contributed by atoms with E-state index in [1.165, 1.54) is 0 Å². The SMILES string of the molecule is O=C(N1C[C@@H]2C[C@H]1CO2)N1C[C@@H]2C[C@H]1CO2. The topological polar surface area (TPSA) is 42.0 Å². The molecule has 5 nitrogen and oxygen atoms in total. The number of hydrogen-bond donors (Lipinski definition) is 0. The van der Waals surface area contributed by atoms with Crippen molar-refractivity contribution in [3.63, 3.8) is 0 Å². The summed E-state index contributed by atoms with van der Waals surface area (Å²) in [5.74, 6) is 0. The molecule has 4 saturated heterocycles. The number of amides is 2. The molecule has 0 saturated carbocycles. The van der Waals surface area contributed by atoms with Gasteiger partial charge in [0.1, 0.15) is 0 Å². The maximum absolute atomic E-state index is 12.4. The van der Waals surface area contributed by atoms with Crippen molar-refractivity contribution in [2.75, 3.05) is 26.3 Å². The number of rotatable bonds is 0. The molecular formula is C11H16N2O3. The first-order valence-electron chi connectivity index (χ1n) is 6.11. The summed E-state index contributed by atoms with van der Waals surface area (Å²) >= 11 is 0. The molecule has 4 atom stereocenters. The fourth-order valence-electron chi connectivity index (χ4n) is 3.43. The zero-order chi connectivity index (χ0) is 10.7. The van der Waals surface area contributed by atoms with E-state index in [0.29, 0.717) is 24.3 Å². The van der Waals surface area contributed by atoms with Crippen LogP contribution in [0.25, 0.3) is 0 Å². The molecule has 0 aliphatic carbocycles. The van der Waals surface area contributed by atoms with E-state index in [-0.39, 0.29) is 6.03 Å². The van der Waals surface area contributed by atoms with Crippen molar-refractivity contribution >= 4 is 6.03 Å². The largest absolute Gasteiger partial charge is 0.374 e. The molecule has 16 heavy (non-hydrogen) atoms. The van der Waals surface area contributed by atoms with Crippen LogP contribution in [0, 0.1) is 0 Å². The maximum atomic E-state index is 12.4. The van der Waals surface area contributed by atoms with Gasteiger partial charge in [0, 0.05) is 13.1 Å². The van der Waals surface area contributed by atoms with E-state index in [1.54, 1.807) is 0 Å². The van der Waals surface area contributed by atoms with Crippen molar-refractivity contribution in [3.8, 4) is 0 Å². The predicted molar refractivity (Wildman–Crippen MR) is 55.1 cm³/mol. The Bertz CT molecular complexity index is 305. The molecule has 4 aliphatic rings. The zero-order valence-electron chi connectivity index (χ0n) is 9.17. The minimum atomic E-state index is 0.214. The van der Waals surface area contributed by atoms with E-state index in [1.807, 2.05) is 9.80 Å². The van der Waals surface area contributed by atoms with Gasteiger partial charge in [-0.3, -0.25) is 0 Å². The number of nitrogens with zero attached hydrogens (tertiary/aromatic N) is 2.